The number of rotatable bonds is 4. The summed E-state index contributed by atoms with van der Waals surface area (Å²) >= 11 is 5.09. The molecule has 0 heterocycles. The first kappa shape index (κ1) is 11.8. The fraction of sp³-hybridized carbons (Fsp3) is 0.833. The first-order valence-electron chi connectivity index (χ1n) is 6.01. The van der Waals surface area contributed by atoms with Crippen LogP contribution in [0.1, 0.15) is 32.6 Å². The molecule has 0 aliphatic heterocycles. The van der Waals surface area contributed by atoms with Crippen molar-refractivity contribution in [3.63, 3.8) is 0 Å². The molecule has 2 saturated carbocycles. The van der Waals surface area contributed by atoms with Gasteiger partial charge >= 0.3 is 0 Å². The first-order valence-corrected chi connectivity index (χ1v) is 6.42. The minimum absolute atomic E-state index is 0.144. The zero-order chi connectivity index (χ0) is 11.9. The predicted octanol–water partition coefficient (Wildman–Crippen LogP) is 1.56. The highest BCUT2D eigenvalue weighted by atomic mass is 32.1. The SMILES string of the molecule is CC1CC(C(=O)N(C)CC2CC2)(C(N)=S)C1. The molecule has 2 rings (SSSR count). The Morgan fingerprint density at radius 2 is 2.06 bits per heavy atom. The number of hydrogen-bond acceptors (Lipinski definition) is 2. The smallest absolute Gasteiger partial charge is 0.235 e. The van der Waals surface area contributed by atoms with Crippen molar-refractivity contribution in [3.8, 4) is 0 Å². The Hall–Kier alpha value is -0.640. The van der Waals surface area contributed by atoms with Crippen LogP contribution in [-0.2, 0) is 4.79 Å². The topological polar surface area (TPSA) is 46.3 Å². The maximum absolute atomic E-state index is 12.4. The van der Waals surface area contributed by atoms with Crippen LogP contribution in [0.25, 0.3) is 0 Å². The molecule has 0 radical (unpaired) electrons. The van der Waals surface area contributed by atoms with Crippen molar-refractivity contribution < 1.29 is 4.79 Å². The van der Waals surface area contributed by atoms with E-state index in [4.69, 9.17) is 18.0 Å². The second-order valence-electron chi connectivity index (χ2n) is 5.59. The van der Waals surface area contributed by atoms with Gasteiger partial charge in [-0.15, -0.1) is 0 Å². The maximum atomic E-state index is 12.4. The highest BCUT2D eigenvalue weighted by molar-refractivity contribution is 7.80. The van der Waals surface area contributed by atoms with Gasteiger partial charge in [0.15, 0.2) is 0 Å². The lowest BCUT2D eigenvalue weighted by Gasteiger charge is -2.46. The van der Waals surface area contributed by atoms with E-state index in [0.29, 0.717) is 10.9 Å². The monoisotopic (exact) mass is 240 g/mol. The molecule has 0 saturated heterocycles. The van der Waals surface area contributed by atoms with Crippen molar-refractivity contribution in [3.05, 3.63) is 0 Å². The predicted molar refractivity (Wildman–Crippen MR) is 68.0 cm³/mol. The molecule has 2 fully saturated rings. The van der Waals surface area contributed by atoms with Crippen molar-refractivity contribution in [2.75, 3.05) is 13.6 Å². The number of carbonyl (C=O) groups is 1. The second-order valence-corrected chi connectivity index (χ2v) is 6.03. The Morgan fingerprint density at radius 1 is 1.50 bits per heavy atom. The molecule has 0 bridgehead atoms. The summed E-state index contributed by atoms with van der Waals surface area (Å²) < 4.78 is 0. The fourth-order valence-corrected chi connectivity index (χ4v) is 3.00. The molecule has 1 amide bonds. The van der Waals surface area contributed by atoms with Crippen LogP contribution < -0.4 is 5.73 Å². The molecule has 0 aromatic carbocycles. The Bertz CT molecular complexity index is 319. The lowest BCUT2D eigenvalue weighted by molar-refractivity contribution is -0.142. The van der Waals surface area contributed by atoms with Crippen molar-refractivity contribution in [2.45, 2.75) is 32.6 Å². The molecule has 0 aromatic rings. The molecule has 2 N–H and O–H groups in total. The zero-order valence-electron chi connectivity index (χ0n) is 10.0. The molecule has 90 valence electrons. The third kappa shape index (κ3) is 1.95. The van der Waals surface area contributed by atoms with Gasteiger partial charge in [-0.25, -0.2) is 0 Å². The molecule has 2 aliphatic rings. The molecule has 4 heteroatoms. The summed E-state index contributed by atoms with van der Waals surface area (Å²) in [6.45, 7) is 3.02. The molecule has 2 aliphatic carbocycles. The van der Waals surface area contributed by atoms with Crippen LogP contribution >= 0.6 is 12.2 Å². The van der Waals surface area contributed by atoms with E-state index in [-0.39, 0.29) is 5.91 Å². The van der Waals surface area contributed by atoms with Crippen LogP contribution in [-0.4, -0.2) is 29.4 Å². The zero-order valence-corrected chi connectivity index (χ0v) is 10.8. The summed E-state index contributed by atoms with van der Waals surface area (Å²) in [5, 5.41) is 0. The van der Waals surface area contributed by atoms with Crippen LogP contribution in [0.15, 0.2) is 0 Å². The molecule has 0 aromatic heterocycles. The summed E-state index contributed by atoms with van der Waals surface area (Å²) in [6.07, 6.45) is 4.18. The molecule has 0 unspecified atom stereocenters. The van der Waals surface area contributed by atoms with E-state index in [2.05, 4.69) is 6.92 Å². The van der Waals surface area contributed by atoms with Crippen molar-refractivity contribution in [2.24, 2.45) is 23.0 Å². The van der Waals surface area contributed by atoms with Gasteiger partial charge in [0, 0.05) is 13.6 Å². The summed E-state index contributed by atoms with van der Waals surface area (Å²) in [6, 6.07) is 0. The summed E-state index contributed by atoms with van der Waals surface area (Å²) in [5.74, 6) is 1.43. The van der Waals surface area contributed by atoms with E-state index in [9.17, 15) is 4.79 Å². The minimum Gasteiger partial charge on any atom is -0.392 e. The molecule has 0 atom stereocenters. The Balaban J connectivity index is 2.02. The highest BCUT2D eigenvalue weighted by Gasteiger charge is 2.52. The van der Waals surface area contributed by atoms with Gasteiger partial charge in [0.1, 0.15) is 0 Å². The van der Waals surface area contributed by atoms with Crippen LogP contribution in [0.2, 0.25) is 0 Å². The summed E-state index contributed by atoms with van der Waals surface area (Å²) in [5.41, 5.74) is 5.25. The van der Waals surface area contributed by atoms with Crippen LogP contribution in [0, 0.1) is 17.3 Å². The van der Waals surface area contributed by atoms with E-state index in [1.165, 1.54) is 12.8 Å². The van der Waals surface area contributed by atoms with Gasteiger partial charge in [-0.05, 0) is 37.5 Å². The van der Waals surface area contributed by atoms with Gasteiger partial charge in [-0.3, -0.25) is 4.79 Å². The number of carbonyl (C=O) groups excluding carboxylic acids is 1. The lowest BCUT2D eigenvalue weighted by Crippen LogP contribution is -2.56. The number of thiocarbonyl (C=S) groups is 1. The van der Waals surface area contributed by atoms with Crippen LogP contribution in [0.3, 0.4) is 0 Å². The fourth-order valence-electron chi connectivity index (χ4n) is 2.75. The maximum Gasteiger partial charge on any atom is 0.235 e. The molecule has 16 heavy (non-hydrogen) atoms. The lowest BCUT2D eigenvalue weighted by atomic mass is 9.61. The molecular formula is C12H20N2OS. The van der Waals surface area contributed by atoms with E-state index < -0.39 is 5.41 Å². The first-order chi connectivity index (χ1) is 7.45. The molecule has 3 nitrogen and oxygen atoms in total. The largest absolute Gasteiger partial charge is 0.392 e. The summed E-state index contributed by atoms with van der Waals surface area (Å²) in [7, 11) is 1.88. The van der Waals surface area contributed by atoms with E-state index >= 15 is 0 Å². The highest BCUT2D eigenvalue weighted by Crippen LogP contribution is 2.47. The Kier molecular flexibility index (Phi) is 2.95. The van der Waals surface area contributed by atoms with Crippen LogP contribution in [0.4, 0.5) is 0 Å². The summed E-state index contributed by atoms with van der Waals surface area (Å²) in [4.78, 5) is 14.6. The van der Waals surface area contributed by atoms with Gasteiger partial charge in [0.2, 0.25) is 5.91 Å². The van der Waals surface area contributed by atoms with Gasteiger partial charge in [0.25, 0.3) is 0 Å². The third-order valence-corrected chi connectivity index (χ3v) is 4.24. The average molecular weight is 240 g/mol. The van der Waals surface area contributed by atoms with E-state index in [0.717, 1.165) is 25.3 Å². The van der Waals surface area contributed by atoms with Gasteiger partial charge in [-0.2, -0.15) is 0 Å². The van der Waals surface area contributed by atoms with E-state index in [1.807, 2.05) is 11.9 Å². The number of amides is 1. The van der Waals surface area contributed by atoms with E-state index in [1.54, 1.807) is 0 Å². The second kappa shape index (κ2) is 3.99. The molecular weight excluding hydrogens is 220 g/mol. The normalized spacial score (nSPS) is 33.0. The van der Waals surface area contributed by atoms with Crippen molar-refractivity contribution in [1.29, 1.82) is 0 Å². The number of nitrogens with zero attached hydrogens (tertiary/aromatic N) is 1. The third-order valence-electron chi connectivity index (χ3n) is 3.85. The van der Waals surface area contributed by atoms with Crippen molar-refractivity contribution in [1.82, 2.24) is 4.90 Å². The van der Waals surface area contributed by atoms with Gasteiger partial charge in [-0.1, -0.05) is 19.1 Å². The van der Waals surface area contributed by atoms with Crippen molar-refractivity contribution >= 4 is 23.1 Å². The van der Waals surface area contributed by atoms with Crippen LogP contribution in [0.5, 0.6) is 0 Å². The number of hydrogen-bond donors (Lipinski definition) is 1. The quantitative estimate of drug-likeness (QED) is 0.759. The Labute approximate surface area is 102 Å². The average Bonchev–Trinajstić information content (AvgIpc) is 2.94. The minimum atomic E-state index is -0.515. The number of nitrogens with two attached hydrogens (primary N) is 1. The van der Waals surface area contributed by atoms with Gasteiger partial charge in [0.05, 0.1) is 10.4 Å². The Morgan fingerprint density at radius 3 is 2.44 bits per heavy atom. The van der Waals surface area contributed by atoms with Gasteiger partial charge < -0.3 is 10.6 Å². The molecule has 0 spiro atoms. The standard InChI is InChI=1S/C12H20N2OS/c1-8-5-12(6-8,10(13)16)11(15)14(2)7-9-3-4-9/h8-9H,3-7H2,1-2H3,(H2,13,16).